The number of thiazole rings is 1. The molecule has 5 rings (SSSR count). The van der Waals surface area contributed by atoms with Crippen LogP contribution in [0.2, 0.25) is 0 Å². The molecule has 2 aromatic heterocycles. The predicted molar refractivity (Wildman–Crippen MR) is 116 cm³/mol. The molecule has 0 bridgehead atoms. The fraction of sp³-hybridized carbons (Fsp3) is 0.227. The van der Waals surface area contributed by atoms with E-state index in [4.69, 9.17) is 4.74 Å². The summed E-state index contributed by atoms with van der Waals surface area (Å²) in [6.45, 7) is 2.93. The first-order chi connectivity index (χ1) is 14.3. The Morgan fingerprint density at radius 1 is 1.00 bits per heavy atom. The zero-order chi connectivity index (χ0) is 19.6. The molecule has 0 aliphatic carbocycles. The fourth-order valence-corrected chi connectivity index (χ4v) is 4.49. The van der Waals surface area contributed by atoms with Crippen molar-refractivity contribution in [1.29, 1.82) is 0 Å². The van der Waals surface area contributed by atoms with E-state index in [0.29, 0.717) is 13.1 Å². The zero-order valence-electron chi connectivity index (χ0n) is 15.8. The number of rotatable bonds is 4. The first-order valence-corrected chi connectivity index (χ1v) is 10.4. The first-order valence-electron chi connectivity index (χ1n) is 9.62. The Kier molecular flexibility index (Phi) is 4.73. The lowest BCUT2D eigenvalue weighted by Gasteiger charge is -2.34. The summed E-state index contributed by atoms with van der Waals surface area (Å²) in [6, 6.07) is 17.9. The van der Waals surface area contributed by atoms with Crippen molar-refractivity contribution in [2.75, 3.05) is 37.7 Å². The van der Waals surface area contributed by atoms with Crippen LogP contribution in [0.5, 0.6) is 5.75 Å². The molecule has 0 unspecified atom stereocenters. The van der Waals surface area contributed by atoms with E-state index in [1.54, 1.807) is 17.5 Å². The molecule has 29 heavy (non-hydrogen) atoms. The van der Waals surface area contributed by atoms with Crippen LogP contribution in [0.15, 0.2) is 60.8 Å². The fourth-order valence-electron chi connectivity index (χ4n) is 3.53. The lowest BCUT2D eigenvalue weighted by Crippen LogP contribution is -2.50. The van der Waals surface area contributed by atoms with Gasteiger partial charge in [0, 0.05) is 32.4 Å². The molecule has 0 saturated carbocycles. The van der Waals surface area contributed by atoms with Gasteiger partial charge in [-0.05, 0) is 35.0 Å². The molecule has 1 aliphatic heterocycles. The average molecular weight is 404 g/mol. The molecule has 1 amide bonds. The highest BCUT2D eigenvalue weighted by Crippen LogP contribution is 2.27. The summed E-state index contributed by atoms with van der Waals surface area (Å²) in [4.78, 5) is 26.6. The predicted octanol–water partition coefficient (Wildman–Crippen LogP) is 3.57. The second-order valence-electron chi connectivity index (χ2n) is 6.99. The molecular formula is C22H20N4O2S. The number of fused-ring (bicyclic) bond motifs is 2. The van der Waals surface area contributed by atoms with Crippen molar-refractivity contribution < 1.29 is 9.53 Å². The Balaban J connectivity index is 1.17. The van der Waals surface area contributed by atoms with Gasteiger partial charge in [-0.15, -0.1) is 0 Å². The normalized spacial score (nSPS) is 14.5. The van der Waals surface area contributed by atoms with Crippen molar-refractivity contribution >= 4 is 43.5 Å². The number of pyridine rings is 1. The quantitative estimate of drug-likeness (QED) is 0.520. The van der Waals surface area contributed by atoms with Crippen molar-refractivity contribution in [2.24, 2.45) is 0 Å². The monoisotopic (exact) mass is 404 g/mol. The van der Waals surface area contributed by atoms with E-state index in [1.807, 2.05) is 53.4 Å². The molecule has 7 heteroatoms. The molecule has 6 nitrogen and oxygen atoms in total. The first kappa shape index (κ1) is 17.9. The molecule has 1 saturated heterocycles. The highest BCUT2D eigenvalue weighted by Gasteiger charge is 2.23. The maximum Gasteiger partial charge on any atom is 0.260 e. The number of ether oxygens (including phenoxy) is 1. The smallest absolute Gasteiger partial charge is 0.260 e. The van der Waals surface area contributed by atoms with Crippen molar-refractivity contribution in [3.8, 4) is 5.75 Å². The second kappa shape index (κ2) is 7.67. The summed E-state index contributed by atoms with van der Waals surface area (Å²) in [5.41, 5.74) is 0.926. The van der Waals surface area contributed by atoms with Gasteiger partial charge in [-0.25, -0.2) is 9.97 Å². The average Bonchev–Trinajstić information content (AvgIpc) is 3.22. The van der Waals surface area contributed by atoms with Crippen LogP contribution in [0, 0.1) is 0 Å². The van der Waals surface area contributed by atoms with Crippen LogP contribution in [0.4, 0.5) is 5.13 Å². The van der Waals surface area contributed by atoms with Gasteiger partial charge in [0.05, 0.1) is 0 Å². The highest BCUT2D eigenvalue weighted by atomic mass is 32.1. The lowest BCUT2D eigenvalue weighted by atomic mass is 10.1. The third kappa shape index (κ3) is 3.73. The van der Waals surface area contributed by atoms with Crippen molar-refractivity contribution in [1.82, 2.24) is 14.9 Å². The van der Waals surface area contributed by atoms with E-state index in [1.165, 1.54) is 0 Å². The molecule has 1 fully saturated rings. The van der Waals surface area contributed by atoms with E-state index in [2.05, 4.69) is 20.9 Å². The third-order valence-electron chi connectivity index (χ3n) is 5.14. The van der Waals surface area contributed by atoms with Gasteiger partial charge in [0.1, 0.15) is 16.1 Å². The molecule has 4 aromatic rings. The minimum Gasteiger partial charge on any atom is -0.484 e. The number of carbonyl (C=O) groups excluding carboxylic acids is 1. The molecular weight excluding hydrogens is 384 g/mol. The van der Waals surface area contributed by atoms with Crippen LogP contribution in [0.25, 0.3) is 21.1 Å². The van der Waals surface area contributed by atoms with Crippen LogP contribution in [0.1, 0.15) is 0 Å². The van der Waals surface area contributed by atoms with Gasteiger partial charge in [0.15, 0.2) is 11.7 Å². The molecule has 0 N–H and O–H groups in total. The Bertz CT molecular complexity index is 1130. The summed E-state index contributed by atoms with van der Waals surface area (Å²) in [5.74, 6) is 0.737. The van der Waals surface area contributed by atoms with Crippen molar-refractivity contribution in [2.45, 2.75) is 0 Å². The highest BCUT2D eigenvalue weighted by molar-refractivity contribution is 7.21. The number of nitrogens with zero attached hydrogens (tertiary/aromatic N) is 4. The van der Waals surface area contributed by atoms with E-state index < -0.39 is 0 Å². The van der Waals surface area contributed by atoms with Gasteiger partial charge in [-0.2, -0.15) is 0 Å². The van der Waals surface area contributed by atoms with Crippen LogP contribution in [0.3, 0.4) is 0 Å². The van der Waals surface area contributed by atoms with Gasteiger partial charge in [0.25, 0.3) is 5.91 Å². The van der Waals surface area contributed by atoms with Crippen LogP contribution in [-0.2, 0) is 4.79 Å². The standard InChI is InChI=1S/C22H20N4O2S/c27-20(15-28-18-8-7-16-4-1-2-5-17(16)14-18)25-10-12-26(13-11-25)22-24-19-6-3-9-23-21(19)29-22/h1-9,14H,10-13,15H2. The van der Waals surface area contributed by atoms with E-state index in [0.717, 1.165) is 45.1 Å². The SMILES string of the molecule is O=C(COc1ccc2ccccc2c1)N1CCN(c2nc3cccnc3s2)CC1. The second-order valence-corrected chi connectivity index (χ2v) is 7.95. The number of hydrogen-bond acceptors (Lipinski definition) is 6. The lowest BCUT2D eigenvalue weighted by molar-refractivity contribution is -0.133. The van der Waals surface area contributed by atoms with E-state index >= 15 is 0 Å². The summed E-state index contributed by atoms with van der Waals surface area (Å²) in [7, 11) is 0. The number of aromatic nitrogens is 2. The van der Waals surface area contributed by atoms with Gasteiger partial charge in [-0.1, -0.05) is 41.7 Å². The molecule has 146 valence electrons. The topological polar surface area (TPSA) is 58.6 Å². The summed E-state index contributed by atoms with van der Waals surface area (Å²) < 4.78 is 5.76. The van der Waals surface area contributed by atoms with Crippen LogP contribution >= 0.6 is 11.3 Å². The molecule has 2 aromatic carbocycles. The van der Waals surface area contributed by atoms with Gasteiger partial charge >= 0.3 is 0 Å². The van der Waals surface area contributed by atoms with E-state index in [9.17, 15) is 4.79 Å². The Morgan fingerprint density at radius 3 is 2.66 bits per heavy atom. The summed E-state index contributed by atoms with van der Waals surface area (Å²) in [5, 5.41) is 3.24. The minimum atomic E-state index is 0.0174. The van der Waals surface area contributed by atoms with Crippen molar-refractivity contribution in [3.63, 3.8) is 0 Å². The third-order valence-corrected chi connectivity index (χ3v) is 6.18. The zero-order valence-corrected chi connectivity index (χ0v) is 16.6. The van der Waals surface area contributed by atoms with E-state index in [-0.39, 0.29) is 12.5 Å². The number of carbonyl (C=O) groups is 1. The Hall–Kier alpha value is -3.19. The maximum absolute atomic E-state index is 12.6. The van der Waals surface area contributed by atoms with Gasteiger partial charge in [0.2, 0.25) is 0 Å². The Labute approximate surface area is 172 Å². The number of piperazine rings is 1. The molecule has 0 atom stereocenters. The van der Waals surface area contributed by atoms with Gasteiger partial charge < -0.3 is 14.5 Å². The number of amides is 1. The van der Waals surface area contributed by atoms with Crippen LogP contribution in [-0.4, -0.2) is 53.6 Å². The molecule has 0 spiro atoms. The minimum absolute atomic E-state index is 0.0174. The largest absolute Gasteiger partial charge is 0.484 e. The summed E-state index contributed by atoms with van der Waals surface area (Å²) in [6.07, 6.45) is 1.79. The maximum atomic E-state index is 12.6. The number of anilines is 1. The van der Waals surface area contributed by atoms with Crippen LogP contribution < -0.4 is 9.64 Å². The van der Waals surface area contributed by atoms with Crippen molar-refractivity contribution in [3.05, 3.63) is 60.8 Å². The molecule has 1 aliphatic rings. The Morgan fingerprint density at radius 2 is 1.83 bits per heavy atom. The number of hydrogen-bond donors (Lipinski definition) is 0. The summed E-state index contributed by atoms with van der Waals surface area (Å²) >= 11 is 1.60. The van der Waals surface area contributed by atoms with Gasteiger partial charge in [-0.3, -0.25) is 4.79 Å². The number of benzene rings is 2. The molecule has 3 heterocycles. The molecule has 0 radical (unpaired) electrons.